The molecule has 0 radical (unpaired) electrons. The Hall–Kier alpha value is -0.900. The smallest absolute Gasteiger partial charge is 0.311 e. The summed E-state index contributed by atoms with van der Waals surface area (Å²) in [7, 11) is 0. The van der Waals surface area contributed by atoms with Gasteiger partial charge >= 0.3 is 5.97 Å². The van der Waals surface area contributed by atoms with Crippen LogP contribution in [0.1, 0.15) is 24.3 Å². The van der Waals surface area contributed by atoms with Gasteiger partial charge in [-0.15, -0.1) is 0 Å². The molecule has 1 atom stereocenters. The van der Waals surface area contributed by atoms with Gasteiger partial charge in [-0.2, -0.15) is 0 Å². The highest BCUT2D eigenvalue weighted by Crippen LogP contribution is 2.44. The Morgan fingerprint density at radius 1 is 1.53 bits per heavy atom. The molecule has 0 amide bonds. The summed E-state index contributed by atoms with van der Waals surface area (Å²) in [4.78, 5) is 11.1. The molecule has 15 heavy (non-hydrogen) atoms. The van der Waals surface area contributed by atoms with E-state index >= 15 is 0 Å². The average molecular weight is 273 g/mol. The van der Waals surface area contributed by atoms with Crippen LogP contribution in [0.15, 0.2) is 22.7 Å². The van der Waals surface area contributed by atoms with E-state index in [-0.39, 0.29) is 11.7 Å². The van der Waals surface area contributed by atoms with Gasteiger partial charge in [0, 0.05) is 4.47 Å². The van der Waals surface area contributed by atoms with E-state index in [1.54, 1.807) is 6.07 Å². The molecule has 0 aliphatic heterocycles. The van der Waals surface area contributed by atoms with Crippen molar-refractivity contribution in [1.82, 2.24) is 0 Å². The molecule has 4 heteroatoms. The first-order valence-corrected chi connectivity index (χ1v) is 5.56. The van der Waals surface area contributed by atoms with Crippen LogP contribution in [-0.4, -0.2) is 11.1 Å². The minimum absolute atomic E-state index is 0.212. The highest BCUT2D eigenvalue weighted by Gasteiger charge is 2.38. The SMILES string of the molecule is O=C(O)C(c1ccc(F)cc1Br)C1CC1. The van der Waals surface area contributed by atoms with Crippen LogP contribution in [0, 0.1) is 11.7 Å². The number of hydrogen-bond acceptors (Lipinski definition) is 1. The standard InChI is InChI=1S/C11H10BrFO2/c12-9-5-7(13)3-4-8(9)10(11(14)15)6-1-2-6/h3-6,10H,1-2H2,(H,14,15). The van der Waals surface area contributed by atoms with E-state index in [2.05, 4.69) is 15.9 Å². The Kier molecular flexibility index (Phi) is 2.78. The van der Waals surface area contributed by atoms with Crippen molar-refractivity contribution in [3.05, 3.63) is 34.1 Å². The molecule has 80 valence electrons. The van der Waals surface area contributed by atoms with Crippen LogP contribution in [0.2, 0.25) is 0 Å². The molecule has 2 nitrogen and oxygen atoms in total. The molecule has 1 saturated carbocycles. The zero-order chi connectivity index (χ0) is 11.0. The van der Waals surface area contributed by atoms with Crippen LogP contribution >= 0.6 is 15.9 Å². The van der Waals surface area contributed by atoms with Gasteiger partial charge in [-0.3, -0.25) is 4.79 Å². The summed E-state index contributed by atoms with van der Waals surface area (Å²) in [6.07, 6.45) is 1.89. The van der Waals surface area contributed by atoms with Crippen molar-refractivity contribution in [2.45, 2.75) is 18.8 Å². The maximum Gasteiger partial charge on any atom is 0.311 e. The van der Waals surface area contributed by atoms with E-state index in [0.29, 0.717) is 10.0 Å². The number of hydrogen-bond donors (Lipinski definition) is 1. The van der Waals surface area contributed by atoms with E-state index < -0.39 is 11.9 Å². The molecular formula is C11H10BrFO2. The Bertz CT molecular complexity index is 402. The largest absolute Gasteiger partial charge is 0.481 e. The third-order valence-electron chi connectivity index (χ3n) is 2.66. The topological polar surface area (TPSA) is 37.3 Å². The predicted molar refractivity (Wildman–Crippen MR) is 57.2 cm³/mol. The van der Waals surface area contributed by atoms with Gasteiger partial charge < -0.3 is 5.11 Å². The summed E-state index contributed by atoms with van der Waals surface area (Å²) >= 11 is 3.21. The van der Waals surface area contributed by atoms with E-state index in [4.69, 9.17) is 5.11 Å². The fraction of sp³-hybridized carbons (Fsp3) is 0.364. The lowest BCUT2D eigenvalue weighted by molar-refractivity contribution is -0.139. The second-order valence-corrected chi connectivity index (χ2v) is 4.67. The van der Waals surface area contributed by atoms with Crippen LogP contribution in [0.3, 0.4) is 0 Å². The third-order valence-corrected chi connectivity index (χ3v) is 3.34. The van der Waals surface area contributed by atoms with Gasteiger partial charge in [0.15, 0.2) is 0 Å². The normalized spacial score (nSPS) is 17.5. The van der Waals surface area contributed by atoms with E-state index in [1.165, 1.54) is 12.1 Å². The van der Waals surface area contributed by atoms with Crippen molar-refractivity contribution in [3.63, 3.8) is 0 Å². The first kappa shape index (κ1) is 10.6. The lowest BCUT2D eigenvalue weighted by Gasteiger charge is -2.13. The van der Waals surface area contributed by atoms with Gasteiger partial charge in [0.05, 0.1) is 5.92 Å². The van der Waals surface area contributed by atoms with Crippen LogP contribution in [0.5, 0.6) is 0 Å². The summed E-state index contributed by atoms with van der Waals surface area (Å²) in [5, 5.41) is 9.12. The quantitative estimate of drug-likeness (QED) is 0.918. The fourth-order valence-electron chi connectivity index (χ4n) is 1.77. The van der Waals surface area contributed by atoms with Gasteiger partial charge in [-0.25, -0.2) is 4.39 Å². The summed E-state index contributed by atoms with van der Waals surface area (Å²) in [6, 6.07) is 4.17. The van der Waals surface area contributed by atoms with E-state index in [0.717, 1.165) is 12.8 Å². The lowest BCUT2D eigenvalue weighted by Crippen LogP contribution is -2.14. The molecule has 1 N–H and O–H groups in total. The van der Waals surface area contributed by atoms with E-state index in [9.17, 15) is 9.18 Å². The van der Waals surface area contributed by atoms with Crippen molar-refractivity contribution in [2.24, 2.45) is 5.92 Å². The van der Waals surface area contributed by atoms with Crippen molar-refractivity contribution in [2.75, 3.05) is 0 Å². The molecule has 1 aliphatic rings. The molecule has 1 fully saturated rings. The molecule has 0 heterocycles. The van der Waals surface area contributed by atoms with Gasteiger partial charge in [-0.05, 0) is 36.5 Å². The Labute approximate surface area is 95.2 Å². The van der Waals surface area contributed by atoms with Crippen LogP contribution in [0.4, 0.5) is 4.39 Å². The fourth-order valence-corrected chi connectivity index (χ4v) is 2.37. The Morgan fingerprint density at radius 2 is 2.20 bits per heavy atom. The van der Waals surface area contributed by atoms with Gasteiger partial charge in [-0.1, -0.05) is 22.0 Å². The minimum atomic E-state index is -0.829. The maximum absolute atomic E-state index is 12.9. The Balaban J connectivity index is 2.37. The molecule has 2 rings (SSSR count). The van der Waals surface area contributed by atoms with Crippen molar-refractivity contribution in [1.29, 1.82) is 0 Å². The molecule has 1 aliphatic carbocycles. The zero-order valence-electron chi connectivity index (χ0n) is 7.91. The number of carboxylic acids is 1. The summed E-state index contributed by atoms with van der Waals surface area (Å²) in [5.74, 6) is -1.47. The van der Waals surface area contributed by atoms with Gasteiger partial charge in [0.1, 0.15) is 5.82 Å². The molecule has 1 aromatic rings. The second kappa shape index (κ2) is 3.93. The number of carbonyl (C=O) groups is 1. The molecule has 1 aromatic carbocycles. The zero-order valence-corrected chi connectivity index (χ0v) is 9.50. The Morgan fingerprint density at radius 3 is 2.67 bits per heavy atom. The predicted octanol–water partition coefficient (Wildman–Crippen LogP) is 3.17. The molecule has 0 bridgehead atoms. The molecule has 0 aromatic heterocycles. The van der Waals surface area contributed by atoms with Crippen molar-refractivity contribution in [3.8, 4) is 0 Å². The minimum Gasteiger partial charge on any atom is -0.481 e. The average Bonchev–Trinajstić information content (AvgIpc) is 2.92. The molecule has 0 spiro atoms. The number of rotatable bonds is 3. The van der Waals surface area contributed by atoms with Crippen molar-refractivity contribution >= 4 is 21.9 Å². The van der Waals surface area contributed by atoms with Crippen molar-refractivity contribution < 1.29 is 14.3 Å². The highest BCUT2D eigenvalue weighted by atomic mass is 79.9. The number of halogens is 2. The number of benzene rings is 1. The number of aliphatic carboxylic acids is 1. The van der Waals surface area contributed by atoms with Crippen LogP contribution in [-0.2, 0) is 4.79 Å². The summed E-state index contributed by atoms with van der Waals surface area (Å²) in [6.45, 7) is 0. The summed E-state index contributed by atoms with van der Waals surface area (Å²) < 4.78 is 13.4. The van der Waals surface area contributed by atoms with Gasteiger partial charge in [0.2, 0.25) is 0 Å². The highest BCUT2D eigenvalue weighted by molar-refractivity contribution is 9.10. The third kappa shape index (κ3) is 2.20. The van der Waals surface area contributed by atoms with Crippen LogP contribution in [0.25, 0.3) is 0 Å². The summed E-state index contributed by atoms with van der Waals surface area (Å²) in [5.41, 5.74) is 0.673. The maximum atomic E-state index is 12.9. The molecular weight excluding hydrogens is 263 g/mol. The second-order valence-electron chi connectivity index (χ2n) is 3.82. The van der Waals surface area contributed by atoms with Crippen LogP contribution < -0.4 is 0 Å². The monoisotopic (exact) mass is 272 g/mol. The lowest BCUT2D eigenvalue weighted by atomic mass is 9.94. The van der Waals surface area contributed by atoms with Gasteiger partial charge in [0.25, 0.3) is 0 Å². The number of carboxylic acid groups (broad SMARTS) is 1. The van der Waals surface area contributed by atoms with E-state index in [1.807, 2.05) is 0 Å². The molecule has 0 saturated heterocycles. The first-order valence-electron chi connectivity index (χ1n) is 4.77. The molecule has 1 unspecified atom stereocenters. The first-order chi connectivity index (χ1) is 7.09.